The second-order valence-electron chi connectivity index (χ2n) is 4.11. The Kier molecular flexibility index (Phi) is 2.89. The van der Waals surface area contributed by atoms with Crippen molar-refractivity contribution in [2.24, 2.45) is 0 Å². The Morgan fingerprint density at radius 2 is 1.67 bits per heavy atom. The van der Waals surface area contributed by atoms with Crippen molar-refractivity contribution in [1.82, 2.24) is 24.9 Å². The van der Waals surface area contributed by atoms with Gasteiger partial charge in [-0.1, -0.05) is 0 Å². The monoisotopic (exact) mass is 292 g/mol. The molecule has 3 heterocycles. The SMILES string of the molecule is Nc1ccnc2ncc(-c3cnc(C(F)(F)F)cn3)nc12. The smallest absolute Gasteiger partial charge is 0.397 e. The number of hydrogen-bond donors (Lipinski definition) is 1. The number of nitrogen functional groups attached to an aromatic ring is 1. The fourth-order valence-electron chi connectivity index (χ4n) is 1.67. The van der Waals surface area contributed by atoms with Crippen LogP contribution in [0.1, 0.15) is 5.69 Å². The molecular formula is C12H7F3N6. The van der Waals surface area contributed by atoms with Crippen molar-refractivity contribution in [2.75, 3.05) is 5.73 Å². The van der Waals surface area contributed by atoms with Crippen molar-refractivity contribution in [3.63, 3.8) is 0 Å². The molecule has 0 radical (unpaired) electrons. The van der Waals surface area contributed by atoms with Crippen LogP contribution in [0.15, 0.2) is 30.9 Å². The number of fused-ring (bicyclic) bond motifs is 1. The number of nitrogens with zero attached hydrogens (tertiary/aromatic N) is 5. The van der Waals surface area contributed by atoms with Crippen LogP contribution in [-0.2, 0) is 6.18 Å². The van der Waals surface area contributed by atoms with Crippen molar-refractivity contribution in [3.8, 4) is 11.4 Å². The fourth-order valence-corrected chi connectivity index (χ4v) is 1.67. The van der Waals surface area contributed by atoms with Crippen LogP contribution in [0.5, 0.6) is 0 Å². The molecule has 0 amide bonds. The van der Waals surface area contributed by atoms with E-state index < -0.39 is 11.9 Å². The van der Waals surface area contributed by atoms with Gasteiger partial charge < -0.3 is 5.73 Å². The number of aromatic nitrogens is 5. The third kappa shape index (κ3) is 2.45. The summed E-state index contributed by atoms with van der Waals surface area (Å²) >= 11 is 0. The second-order valence-corrected chi connectivity index (χ2v) is 4.11. The number of nitrogens with two attached hydrogens (primary N) is 1. The Balaban J connectivity index is 2.06. The normalized spacial score (nSPS) is 11.8. The largest absolute Gasteiger partial charge is 0.434 e. The zero-order valence-corrected chi connectivity index (χ0v) is 10.3. The third-order valence-corrected chi connectivity index (χ3v) is 2.68. The lowest BCUT2D eigenvalue weighted by Crippen LogP contribution is -2.08. The summed E-state index contributed by atoms with van der Waals surface area (Å²) in [5.41, 5.74) is 6.20. The van der Waals surface area contributed by atoms with Crippen LogP contribution < -0.4 is 5.73 Å². The molecule has 106 valence electrons. The molecule has 0 fully saturated rings. The first kappa shape index (κ1) is 13.2. The van der Waals surface area contributed by atoms with Crippen LogP contribution >= 0.6 is 0 Å². The molecule has 0 aliphatic heterocycles. The van der Waals surface area contributed by atoms with E-state index >= 15 is 0 Å². The molecule has 0 atom stereocenters. The zero-order valence-electron chi connectivity index (χ0n) is 10.3. The number of rotatable bonds is 1. The van der Waals surface area contributed by atoms with E-state index in [2.05, 4.69) is 24.9 Å². The molecule has 0 bridgehead atoms. The molecular weight excluding hydrogens is 285 g/mol. The molecule has 0 unspecified atom stereocenters. The summed E-state index contributed by atoms with van der Waals surface area (Å²) in [6, 6.07) is 1.55. The summed E-state index contributed by atoms with van der Waals surface area (Å²) in [4.78, 5) is 19.3. The summed E-state index contributed by atoms with van der Waals surface area (Å²) in [6.45, 7) is 0. The molecule has 0 saturated heterocycles. The summed E-state index contributed by atoms with van der Waals surface area (Å²) < 4.78 is 37.3. The summed E-state index contributed by atoms with van der Waals surface area (Å²) in [5.74, 6) is 0. The number of hydrogen-bond acceptors (Lipinski definition) is 6. The molecule has 0 spiro atoms. The quantitative estimate of drug-likeness (QED) is 0.738. The van der Waals surface area contributed by atoms with Crippen LogP contribution in [0.25, 0.3) is 22.6 Å². The van der Waals surface area contributed by atoms with Gasteiger partial charge in [-0.25, -0.2) is 19.9 Å². The predicted molar refractivity (Wildman–Crippen MR) is 67.8 cm³/mol. The molecule has 3 rings (SSSR count). The Labute approximate surface area is 115 Å². The summed E-state index contributed by atoms with van der Waals surface area (Å²) in [7, 11) is 0. The standard InChI is InChI=1S/C12H7F3N6/c13-12(14,15)9-5-18-7(3-19-9)8-4-20-11-10(21-8)6(16)1-2-17-11/h1-5H,(H2,16,17,20). The lowest BCUT2D eigenvalue weighted by Gasteiger charge is -2.06. The third-order valence-electron chi connectivity index (χ3n) is 2.68. The van der Waals surface area contributed by atoms with Crippen molar-refractivity contribution < 1.29 is 13.2 Å². The Morgan fingerprint density at radius 1 is 0.905 bits per heavy atom. The number of halogens is 3. The number of pyridine rings is 1. The molecule has 2 N–H and O–H groups in total. The van der Waals surface area contributed by atoms with Crippen LogP contribution in [-0.4, -0.2) is 24.9 Å². The summed E-state index contributed by atoms with van der Waals surface area (Å²) in [5, 5.41) is 0. The van der Waals surface area contributed by atoms with Gasteiger partial charge in [-0.2, -0.15) is 13.2 Å². The lowest BCUT2D eigenvalue weighted by molar-refractivity contribution is -0.141. The van der Waals surface area contributed by atoms with Gasteiger partial charge in [0.2, 0.25) is 0 Å². The van der Waals surface area contributed by atoms with E-state index in [4.69, 9.17) is 5.73 Å². The molecule has 9 heteroatoms. The second kappa shape index (κ2) is 4.62. The highest BCUT2D eigenvalue weighted by Crippen LogP contribution is 2.27. The molecule has 6 nitrogen and oxygen atoms in total. The minimum atomic E-state index is -4.53. The minimum Gasteiger partial charge on any atom is -0.397 e. The molecule has 3 aromatic rings. The molecule has 0 aliphatic rings. The van der Waals surface area contributed by atoms with Gasteiger partial charge in [-0.3, -0.25) is 4.98 Å². The van der Waals surface area contributed by atoms with Gasteiger partial charge in [-0.05, 0) is 6.07 Å². The highest BCUT2D eigenvalue weighted by atomic mass is 19.4. The maximum atomic E-state index is 12.4. The van der Waals surface area contributed by atoms with Gasteiger partial charge in [0.05, 0.1) is 24.3 Å². The average molecular weight is 292 g/mol. The van der Waals surface area contributed by atoms with Crippen molar-refractivity contribution in [2.45, 2.75) is 6.18 Å². The Morgan fingerprint density at radius 3 is 2.33 bits per heavy atom. The Bertz CT molecular complexity index is 800. The van der Waals surface area contributed by atoms with Crippen molar-refractivity contribution in [1.29, 1.82) is 0 Å². The summed E-state index contributed by atoms with van der Waals surface area (Å²) in [6.07, 6.45) is -0.0516. The molecule has 0 aliphatic carbocycles. The predicted octanol–water partition coefficient (Wildman–Crippen LogP) is 2.08. The highest BCUT2D eigenvalue weighted by molar-refractivity contribution is 5.84. The first-order chi connectivity index (χ1) is 9.95. The van der Waals surface area contributed by atoms with Gasteiger partial charge >= 0.3 is 6.18 Å². The van der Waals surface area contributed by atoms with E-state index in [0.717, 1.165) is 6.20 Å². The molecule has 21 heavy (non-hydrogen) atoms. The maximum absolute atomic E-state index is 12.4. The highest BCUT2D eigenvalue weighted by Gasteiger charge is 2.32. The van der Waals surface area contributed by atoms with E-state index in [1.807, 2.05) is 0 Å². The van der Waals surface area contributed by atoms with Crippen molar-refractivity contribution >= 4 is 16.9 Å². The van der Waals surface area contributed by atoms with E-state index in [9.17, 15) is 13.2 Å². The Hall–Kier alpha value is -2.84. The average Bonchev–Trinajstić information content (AvgIpc) is 2.47. The van der Waals surface area contributed by atoms with Crippen LogP contribution in [0.3, 0.4) is 0 Å². The first-order valence-electron chi connectivity index (χ1n) is 5.72. The zero-order chi connectivity index (χ0) is 15.0. The number of anilines is 1. The van der Waals surface area contributed by atoms with Crippen molar-refractivity contribution in [3.05, 3.63) is 36.5 Å². The van der Waals surface area contributed by atoms with Crippen LogP contribution in [0, 0.1) is 0 Å². The van der Waals surface area contributed by atoms with Gasteiger partial charge in [0, 0.05) is 6.20 Å². The lowest BCUT2D eigenvalue weighted by atomic mass is 10.3. The van der Waals surface area contributed by atoms with E-state index in [1.54, 1.807) is 6.07 Å². The van der Waals surface area contributed by atoms with Gasteiger partial charge in [-0.15, -0.1) is 0 Å². The van der Waals surface area contributed by atoms with E-state index in [0.29, 0.717) is 23.0 Å². The van der Waals surface area contributed by atoms with Gasteiger partial charge in [0.1, 0.15) is 16.9 Å². The van der Waals surface area contributed by atoms with E-state index in [-0.39, 0.29) is 11.4 Å². The van der Waals surface area contributed by atoms with E-state index in [1.165, 1.54) is 12.4 Å². The molecule has 0 aromatic carbocycles. The number of alkyl halides is 3. The fraction of sp³-hybridized carbons (Fsp3) is 0.0833. The maximum Gasteiger partial charge on any atom is 0.434 e. The molecule has 0 saturated carbocycles. The molecule has 3 aromatic heterocycles. The van der Waals surface area contributed by atoms with Crippen LogP contribution in [0.2, 0.25) is 0 Å². The first-order valence-corrected chi connectivity index (χ1v) is 5.72. The topological polar surface area (TPSA) is 90.5 Å². The minimum absolute atomic E-state index is 0.167. The van der Waals surface area contributed by atoms with Gasteiger partial charge in [0.15, 0.2) is 11.3 Å². The van der Waals surface area contributed by atoms with Gasteiger partial charge in [0.25, 0.3) is 0 Å². The van der Waals surface area contributed by atoms with Crippen LogP contribution in [0.4, 0.5) is 18.9 Å².